The van der Waals surface area contributed by atoms with Gasteiger partial charge in [0, 0.05) is 18.5 Å². The number of aromatic nitrogens is 1. The molecule has 0 radical (unpaired) electrons. The summed E-state index contributed by atoms with van der Waals surface area (Å²) in [6, 6.07) is 9.70. The third-order valence-electron chi connectivity index (χ3n) is 4.32. The lowest BCUT2D eigenvalue weighted by molar-refractivity contribution is 0.0665. The van der Waals surface area contributed by atoms with E-state index in [1.807, 2.05) is 40.6 Å². The van der Waals surface area contributed by atoms with Gasteiger partial charge in [0.05, 0.1) is 23.9 Å². The van der Waals surface area contributed by atoms with Crippen molar-refractivity contribution in [3.05, 3.63) is 52.5 Å². The monoisotopic (exact) mass is 331 g/mol. The molecule has 2 amide bonds. The fourth-order valence-electron chi connectivity index (χ4n) is 2.94. The molecule has 1 aliphatic heterocycles. The lowest BCUT2D eigenvalue weighted by atomic mass is 9.87. The highest BCUT2D eigenvalue weighted by molar-refractivity contribution is 7.07. The summed E-state index contributed by atoms with van der Waals surface area (Å²) in [6.07, 6.45) is 1.19. The van der Waals surface area contributed by atoms with Crippen LogP contribution < -0.4 is 5.32 Å². The molecule has 5 nitrogen and oxygen atoms in total. The predicted molar refractivity (Wildman–Crippen MR) is 90.0 cm³/mol. The first-order chi connectivity index (χ1) is 11.2. The predicted octanol–water partition coefficient (Wildman–Crippen LogP) is 2.80. The third-order valence-corrected chi connectivity index (χ3v) is 4.95. The zero-order valence-corrected chi connectivity index (χ0v) is 13.7. The van der Waals surface area contributed by atoms with Gasteiger partial charge in [0.25, 0.3) is 0 Å². The molecule has 0 bridgehead atoms. The van der Waals surface area contributed by atoms with Gasteiger partial charge in [-0.2, -0.15) is 0 Å². The molecule has 0 saturated carbocycles. The van der Waals surface area contributed by atoms with E-state index in [4.69, 9.17) is 0 Å². The Morgan fingerprint density at radius 2 is 2.09 bits per heavy atom. The molecule has 1 aliphatic rings. The van der Waals surface area contributed by atoms with Crippen LogP contribution in [-0.2, 0) is 6.54 Å². The van der Waals surface area contributed by atoms with Gasteiger partial charge in [0.1, 0.15) is 0 Å². The average molecular weight is 331 g/mol. The van der Waals surface area contributed by atoms with Gasteiger partial charge in [0.15, 0.2) is 0 Å². The molecular weight excluding hydrogens is 310 g/mol. The second kappa shape index (κ2) is 7.57. The molecule has 1 fully saturated rings. The summed E-state index contributed by atoms with van der Waals surface area (Å²) in [4.78, 5) is 18.1. The number of rotatable bonds is 4. The Bertz CT molecular complexity index is 610. The Kier molecular flexibility index (Phi) is 5.25. The maximum Gasteiger partial charge on any atom is 0.317 e. The summed E-state index contributed by atoms with van der Waals surface area (Å²) < 4.78 is 0. The number of nitrogens with one attached hydrogen (secondary N) is 1. The molecule has 1 aromatic heterocycles. The van der Waals surface area contributed by atoms with E-state index in [1.165, 1.54) is 11.3 Å². The van der Waals surface area contributed by atoms with E-state index in [2.05, 4.69) is 10.3 Å². The number of aliphatic hydroxyl groups excluding tert-OH is 1. The van der Waals surface area contributed by atoms with Gasteiger partial charge in [-0.3, -0.25) is 0 Å². The number of benzene rings is 1. The SMILES string of the molecule is O=C(NCc1cscn1)N1CCC([C@H](O)c2ccccc2)CC1. The van der Waals surface area contributed by atoms with Crippen molar-refractivity contribution in [1.29, 1.82) is 0 Å². The van der Waals surface area contributed by atoms with Crippen molar-refractivity contribution in [2.24, 2.45) is 5.92 Å². The molecule has 1 aromatic carbocycles. The van der Waals surface area contributed by atoms with Crippen molar-refractivity contribution in [3.63, 3.8) is 0 Å². The molecular formula is C17H21N3O2S. The van der Waals surface area contributed by atoms with Crippen LogP contribution in [0.25, 0.3) is 0 Å². The molecule has 2 heterocycles. The number of urea groups is 1. The van der Waals surface area contributed by atoms with Crippen molar-refractivity contribution in [3.8, 4) is 0 Å². The van der Waals surface area contributed by atoms with Gasteiger partial charge in [-0.1, -0.05) is 30.3 Å². The fourth-order valence-corrected chi connectivity index (χ4v) is 3.50. The van der Waals surface area contributed by atoms with Gasteiger partial charge in [0.2, 0.25) is 0 Å². The summed E-state index contributed by atoms with van der Waals surface area (Å²) in [5.74, 6) is 0.208. The highest BCUT2D eigenvalue weighted by Crippen LogP contribution is 2.30. The molecule has 1 saturated heterocycles. The Labute approximate surface area is 140 Å². The van der Waals surface area contributed by atoms with Gasteiger partial charge < -0.3 is 15.3 Å². The van der Waals surface area contributed by atoms with Crippen LogP contribution in [0.1, 0.15) is 30.2 Å². The number of nitrogens with zero attached hydrogens (tertiary/aromatic N) is 2. The van der Waals surface area contributed by atoms with Crippen molar-refractivity contribution in [1.82, 2.24) is 15.2 Å². The Balaban J connectivity index is 1.47. The highest BCUT2D eigenvalue weighted by atomic mass is 32.1. The number of likely N-dealkylation sites (tertiary alicyclic amines) is 1. The van der Waals surface area contributed by atoms with Crippen molar-refractivity contribution in [2.75, 3.05) is 13.1 Å². The molecule has 23 heavy (non-hydrogen) atoms. The van der Waals surface area contributed by atoms with Crippen LogP contribution in [0.4, 0.5) is 4.79 Å². The average Bonchev–Trinajstić information content (AvgIpc) is 3.13. The van der Waals surface area contributed by atoms with Crippen LogP contribution in [0, 0.1) is 5.92 Å². The summed E-state index contributed by atoms with van der Waals surface area (Å²) in [5, 5.41) is 15.3. The van der Waals surface area contributed by atoms with Crippen LogP contribution in [0.2, 0.25) is 0 Å². The van der Waals surface area contributed by atoms with Crippen molar-refractivity contribution in [2.45, 2.75) is 25.5 Å². The molecule has 1 atom stereocenters. The van der Waals surface area contributed by atoms with E-state index in [9.17, 15) is 9.90 Å². The number of thiazole rings is 1. The first kappa shape index (κ1) is 16.0. The summed E-state index contributed by atoms with van der Waals surface area (Å²) in [5.41, 5.74) is 3.61. The second-order valence-corrected chi connectivity index (χ2v) is 6.54. The summed E-state index contributed by atoms with van der Waals surface area (Å²) in [6.45, 7) is 1.82. The summed E-state index contributed by atoms with van der Waals surface area (Å²) >= 11 is 1.52. The van der Waals surface area contributed by atoms with Crippen LogP contribution in [0.3, 0.4) is 0 Å². The number of hydrogen-bond acceptors (Lipinski definition) is 4. The molecule has 3 rings (SSSR count). The zero-order valence-electron chi connectivity index (χ0n) is 12.9. The van der Waals surface area contributed by atoms with Gasteiger partial charge in [-0.15, -0.1) is 11.3 Å². The number of aliphatic hydroxyl groups is 1. The van der Waals surface area contributed by atoms with Gasteiger partial charge in [-0.05, 0) is 24.3 Å². The van der Waals surface area contributed by atoms with Crippen molar-refractivity contribution < 1.29 is 9.90 Å². The molecule has 0 aliphatic carbocycles. The van der Waals surface area contributed by atoms with E-state index >= 15 is 0 Å². The highest BCUT2D eigenvalue weighted by Gasteiger charge is 2.28. The fraction of sp³-hybridized carbons (Fsp3) is 0.412. The number of piperidine rings is 1. The molecule has 2 aromatic rings. The lowest BCUT2D eigenvalue weighted by Gasteiger charge is -2.34. The third kappa shape index (κ3) is 4.09. The normalized spacial score (nSPS) is 17.0. The molecule has 122 valence electrons. The van der Waals surface area contributed by atoms with Crippen LogP contribution >= 0.6 is 11.3 Å². The summed E-state index contributed by atoms with van der Waals surface area (Å²) in [7, 11) is 0. The van der Waals surface area contributed by atoms with Crippen LogP contribution in [0.15, 0.2) is 41.2 Å². The van der Waals surface area contributed by atoms with E-state index in [0.717, 1.165) is 24.1 Å². The van der Waals surface area contributed by atoms with Gasteiger partial charge >= 0.3 is 6.03 Å². The Hall–Kier alpha value is -1.92. The lowest BCUT2D eigenvalue weighted by Crippen LogP contribution is -2.45. The number of hydrogen-bond donors (Lipinski definition) is 2. The minimum Gasteiger partial charge on any atom is -0.388 e. The van der Waals surface area contributed by atoms with Crippen molar-refractivity contribution >= 4 is 17.4 Å². The largest absolute Gasteiger partial charge is 0.388 e. The minimum atomic E-state index is -0.448. The van der Waals surface area contributed by atoms with E-state index in [0.29, 0.717) is 19.6 Å². The number of carbonyl (C=O) groups is 1. The second-order valence-electron chi connectivity index (χ2n) is 5.82. The number of amides is 2. The molecule has 2 N–H and O–H groups in total. The number of carbonyl (C=O) groups excluding carboxylic acids is 1. The first-order valence-electron chi connectivity index (χ1n) is 7.87. The van der Waals surface area contributed by atoms with E-state index in [1.54, 1.807) is 5.51 Å². The van der Waals surface area contributed by atoms with Crippen LogP contribution in [0.5, 0.6) is 0 Å². The van der Waals surface area contributed by atoms with Crippen LogP contribution in [-0.4, -0.2) is 34.1 Å². The zero-order chi connectivity index (χ0) is 16.1. The smallest absolute Gasteiger partial charge is 0.317 e. The Morgan fingerprint density at radius 1 is 1.35 bits per heavy atom. The first-order valence-corrected chi connectivity index (χ1v) is 8.81. The molecule has 6 heteroatoms. The van der Waals surface area contributed by atoms with E-state index < -0.39 is 6.10 Å². The van der Waals surface area contributed by atoms with Gasteiger partial charge in [-0.25, -0.2) is 9.78 Å². The Morgan fingerprint density at radius 3 is 2.74 bits per heavy atom. The standard InChI is InChI=1S/C17H21N3O2S/c21-16(13-4-2-1-3-5-13)14-6-8-20(9-7-14)17(22)18-10-15-11-23-12-19-15/h1-5,11-12,14,16,21H,6-10H2,(H,18,22)/t16-/m1/s1. The maximum atomic E-state index is 12.2. The topological polar surface area (TPSA) is 65.5 Å². The van der Waals surface area contributed by atoms with E-state index in [-0.39, 0.29) is 11.9 Å². The minimum absolute atomic E-state index is 0.0503. The molecule has 0 spiro atoms. The maximum absolute atomic E-state index is 12.2. The quantitative estimate of drug-likeness (QED) is 0.905. The molecule has 0 unspecified atom stereocenters.